The van der Waals surface area contributed by atoms with Gasteiger partial charge in [-0.25, -0.2) is 13.4 Å². The first-order valence-electron chi connectivity index (χ1n) is 7.12. The van der Waals surface area contributed by atoms with E-state index in [-0.39, 0.29) is 5.75 Å². The van der Waals surface area contributed by atoms with E-state index < -0.39 is 10.0 Å². The first-order chi connectivity index (χ1) is 9.49. The maximum absolute atomic E-state index is 12.1. The van der Waals surface area contributed by atoms with Crippen LogP contribution >= 0.6 is 0 Å². The van der Waals surface area contributed by atoms with Gasteiger partial charge >= 0.3 is 0 Å². The number of aromatic nitrogens is 2. The van der Waals surface area contributed by atoms with Crippen molar-refractivity contribution in [2.75, 3.05) is 19.3 Å². The fraction of sp³-hybridized carbons (Fsp3) is 0.769. The molecule has 20 heavy (non-hydrogen) atoms. The zero-order chi connectivity index (χ0) is 14.6. The van der Waals surface area contributed by atoms with E-state index in [2.05, 4.69) is 10.3 Å². The lowest BCUT2D eigenvalue weighted by atomic mass is 10.3. The van der Waals surface area contributed by atoms with E-state index in [4.69, 9.17) is 0 Å². The number of rotatable bonds is 9. The van der Waals surface area contributed by atoms with Crippen LogP contribution in [0.15, 0.2) is 12.4 Å². The maximum Gasteiger partial charge on any atom is 0.214 e. The van der Waals surface area contributed by atoms with Crippen LogP contribution in [-0.4, -0.2) is 47.7 Å². The summed E-state index contributed by atoms with van der Waals surface area (Å²) in [6.45, 7) is 1.25. The van der Waals surface area contributed by atoms with Crippen LogP contribution in [0.2, 0.25) is 0 Å². The summed E-state index contributed by atoms with van der Waals surface area (Å²) in [6.07, 6.45) is 7.65. The molecule has 0 radical (unpaired) electrons. The Hall–Kier alpha value is -0.920. The summed E-state index contributed by atoms with van der Waals surface area (Å²) in [7, 11) is 0.299. The van der Waals surface area contributed by atoms with Crippen LogP contribution in [0.4, 0.5) is 0 Å². The van der Waals surface area contributed by atoms with E-state index in [0.29, 0.717) is 19.0 Å². The highest BCUT2D eigenvalue weighted by atomic mass is 32.2. The topological polar surface area (TPSA) is 67.2 Å². The molecule has 1 aromatic rings. The van der Waals surface area contributed by atoms with Gasteiger partial charge < -0.3 is 9.88 Å². The number of nitrogens with zero attached hydrogens (tertiary/aromatic N) is 3. The van der Waals surface area contributed by atoms with Gasteiger partial charge in [0, 0.05) is 32.5 Å². The normalized spacial score (nSPS) is 15.9. The van der Waals surface area contributed by atoms with E-state index >= 15 is 0 Å². The minimum Gasteiger partial charge on any atom is -0.337 e. The first-order valence-corrected chi connectivity index (χ1v) is 8.73. The lowest BCUT2D eigenvalue weighted by Gasteiger charge is -2.16. The third-order valence-corrected chi connectivity index (χ3v) is 5.48. The molecule has 1 saturated carbocycles. The van der Waals surface area contributed by atoms with Gasteiger partial charge in [0.25, 0.3) is 0 Å². The molecule has 6 nitrogen and oxygen atoms in total. The average Bonchev–Trinajstić information content (AvgIpc) is 3.13. The van der Waals surface area contributed by atoms with Crippen LogP contribution < -0.4 is 5.32 Å². The van der Waals surface area contributed by atoms with Crippen LogP contribution in [0.1, 0.15) is 31.5 Å². The van der Waals surface area contributed by atoms with E-state index in [1.165, 1.54) is 17.1 Å². The number of imidazole rings is 1. The molecule has 0 aliphatic heterocycles. The highest BCUT2D eigenvalue weighted by Gasteiger charge is 2.21. The third-order valence-electron chi connectivity index (χ3n) is 3.60. The largest absolute Gasteiger partial charge is 0.337 e. The molecule has 2 rings (SSSR count). The van der Waals surface area contributed by atoms with E-state index in [0.717, 1.165) is 18.8 Å². The van der Waals surface area contributed by atoms with Crippen molar-refractivity contribution in [1.82, 2.24) is 19.2 Å². The Morgan fingerprint density at radius 3 is 2.80 bits per heavy atom. The zero-order valence-corrected chi connectivity index (χ0v) is 13.1. The Balaban J connectivity index is 1.72. The summed E-state index contributed by atoms with van der Waals surface area (Å²) in [4.78, 5) is 4.15. The first kappa shape index (κ1) is 15.5. The summed E-state index contributed by atoms with van der Waals surface area (Å²) in [5.41, 5.74) is 0. The quantitative estimate of drug-likeness (QED) is 0.682. The maximum atomic E-state index is 12.1. The molecule has 1 fully saturated rings. The molecule has 1 heterocycles. The van der Waals surface area contributed by atoms with Gasteiger partial charge in [0.1, 0.15) is 5.82 Å². The second-order valence-electron chi connectivity index (χ2n) is 5.46. The number of hydrogen-bond donors (Lipinski definition) is 1. The molecule has 7 heteroatoms. The molecule has 114 valence electrons. The van der Waals surface area contributed by atoms with Crippen molar-refractivity contribution in [3.63, 3.8) is 0 Å². The molecule has 0 aromatic carbocycles. The number of sulfonamides is 1. The molecule has 1 aliphatic carbocycles. The minimum absolute atomic E-state index is 0.209. The van der Waals surface area contributed by atoms with Gasteiger partial charge in [0.15, 0.2) is 0 Å². The van der Waals surface area contributed by atoms with Crippen LogP contribution in [0, 0.1) is 0 Å². The Morgan fingerprint density at radius 2 is 2.20 bits per heavy atom. The average molecular weight is 300 g/mol. The molecule has 0 saturated heterocycles. The smallest absolute Gasteiger partial charge is 0.214 e. The second-order valence-corrected chi connectivity index (χ2v) is 7.66. The Labute approximate surface area is 121 Å². The molecular formula is C13H24N4O2S. The van der Waals surface area contributed by atoms with Crippen LogP contribution in [-0.2, 0) is 23.6 Å². The van der Waals surface area contributed by atoms with Gasteiger partial charge in [0.2, 0.25) is 10.0 Å². The Morgan fingerprint density at radius 1 is 1.45 bits per heavy atom. The molecule has 1 aliphatic rings. The summed E-state index contributed by atoms with van der Waals surface area (Å²) in [6, 6.07) is 0.692. The van der Waals surface area contributed by atoms with Crippen LogP contribution in [0.25, 0.3) is 0 Å². The van der Waals surface area contributed by atoms with Crippen molar-refractivity contribution < 1.29 is 8.42 Å². The van der Waals surface area contributed by atoms with E-state index in [9.17, 15) is 8.42 Å². The highest BCUT2D eigenvalue weighted by Crippen LogP contribution is 2.18. The molecular weight excluding hydrogens is 276 g/mol. The summed E-state index contributed by atoms with van der Waals surface area (Å²) in [5.74, 6) is 0.965. The fourth-order valence-corrected chi connectivity index (χ4v) is 3.20. The van der Waals surface area contributed by atoms with Gasteiger partial charge in [0.05, 0.1) is 12.3 Å². The Kier molecular flexibility index (Phi) is 5.17. The summed E-state index contributed by atoms with van der Waals surface area (Å²) < 4.78 is 27.5. The van der Waals surface area contributed by atoms with Crippen molar-refractivity contribution in [2.45, 2.75) is 38.3 Å². The van der Waals surface area contributed by atoms with Crippen molar-refractivity contribution in [3.8, 4) is 0 Å². The van der Waals surface area contributed by atoms with Gasteiger partial charge in [-0.3, -0.25) is 0 Å². The minimum atomic E-state index is -3.19. The highest BCUT2D eigenvalue weighted by molar-refractivity contribution is 7.89. The van der Waals surface area contributed by atoms with Crippen LogP contribution in [0.5, 0.6) is 0 Å². The monoisotopic (exact) mass is 300 g/mol. The molecule has 0 spiro atoms. The van der Waals surface area contributed by atoms with Crippen molar-refractivity contribution in [3.05, 3.63) is 18.2 Å². The van der Waals surface area contributed by atoms with Gasteiger partial charge in [-0.05, 0) is 32.2 Å². The zero-order valence-electron chi connectivity index (χ0n) is 12.2. The number of aryl methyl sites for hydroxylation is 1. The van der Waals surface area contributed by atoms with E-state index in [1.807, 2.05) is 17.8 Å². The predicted octanol–water partition coefficient (Wildman–Crippen LogP) is 0.714. The number of hydrogen-bond acceptors (Lipinski definition) is 4. The van der Waals surface area contributed by atoms with Crippen LogP contribution in [0.3, 0.4) is 0 Å². The molecule has 0 bridgehead atoms. The fourth-order valence-electron chi connectivity index (χ4n) is 2.01. The van der Waals surface area contributed by atoms with E-state index in [1.54, 1.807) is 13.2 Å². The number of unbranched alkanes of at least 4 members (excludes halogenated alkanes) is 1. The summed E-state index contributed by atoms with van der Waals surface area (Å²) in [5, 5.41) is 3.39. The lowest BCUT2D eigenvalue weighted by molar-refractivity contribution is 0.449. The molecule has 1 aromatic heterocycles. The lowest BCUT2D eigenvalue weighted by Crippen LogP contribution is -2.30. The molecule has 0 atom stereocenters. The standard InChI is InChI=1S/C13H24N4O2S/c1-16-9-8-15-13(16)11-17(2)20(18,19)10-4-3-7-14-12-5-6-12/h8-9,12,14H,3-7,10-11H2,1-2H3. The second kappa shape index (κ2) is 6.69. The Bertz CT molecular complexity index is 522. The SMILES string of the molecule is CN(Cc1nccn1C)S(=O)(=O)CCCCNC1CC1. The predicted molar refractivity (Wildman–Crippen MR) is 78.7 cm³/mol. The van der Waals surface area contributed by atoms with Gasteiger partial charge in [-0.15, -0.1) is 0 Å². The molecule has 0 amide bonds. The van der Waals surface area contributed by atoms with Crippen molar-refractivity contribution in [2.24, 2.45) is 7.05 Å². The summed E-state index contributed by atoms with van der Waals surface area (Å²) >= 11 is 0. The molecule has 0 unspecified atom stereocenters. The number of nitrogens with one attached hydrogen (secondary N) is 1. The van der Waals surface area contributed by atoms with Crippen molar-refractivity contribution in [1.29, 1.82) is 0 Å². The third kappa shape index (κ3) is 4.57. The molecule has 1 N–H and O–H groups in total. The van der Waals surface area contributed by atoms with Gasteiger partial charge in [-0.1, -0.05) is 0 Å². The van der Waals surface area contributed by atoms with Crippen molar-refractivity contribution >= 4 is 10.0 Å². The van der Waals surface area contributed by atoms with Gasteiger partial charge in [-0.2, -0.15) is 4.31 Å².